The summed E-state index contributed by atoms with van der Waals surface area (Å²) in [5, 5.41) is 12.5. The number of nitrogens with zero attached hydrogens (tertiary/aromatic N) is 5. The lowest BCUT2D eigenvalue weighted by atomic mass is 10.4. The summed E-state index contributed by atoms with van der Waals surface area (Å²) in [5.74, 6) is -0.596. The second-order valence-corrected chi connectivity index (χ2v) is 3.10. The molecular formula is C9H7N7O. The van der Waals surface area contributed by atoms with Gasteiger partial charge in [-0.15, -0.1) is 0 Å². The molecule has 2 aromatic rings. The number of aromatic nitrogens is 4. The number of nitrogens with two attached hydrogens (primary N) is 2. The van der Waals surface area contributed by atoms with Crippen LogP contribution in [0.2, 0.25) is 0 Å². The maximum absolute atomic E-state index is 11.0. The normalized spacial score (nSPS) is 9.82. The maximum atomic E-state index is 11.0. The molecule has 0 aromatic carbocycles. The number of hydrogen-bond donors (Lipinski definition) is 2. The third kappa shape index (κ3) is 1.89. The van der Waals surface area contributed by atoms with Crippen molar-refractivity contribution in [2.24, 2.45) is 5.73 Å². The number of nitriles is 1. The van der Waals surface area contributed by atoms with E-state index in [4.69, 9.17) is 16.7 Å². The molecule has 8 nitrogen and oxygen atoms in total. The van der Waals surface area contributed by atoms with Gasteiger partial charge in [-0.3, -0.25) is 4.79 Å². The number of carbonyl (C=O) groups is 1. The second kappa shape index (κ2) is 3.90. The predicted octanol–water partition coefficient (Wildman–Crippen LogP) is -0.785. The second-order valence-electron chi connectivity index (χ2n) is 3.10. The molecule has 0 saturated carbocycles. The van der Waals surface area contributed by atoms with Crippen LogP contribution >= 0.6 is 0 Å². The molecule has 0 aliphatic rings. The molecule has 0 spiro atoms. The number of amides is 1. The summed E-state index contributed by atoms with van der Waals surface area (Å²) in [4.78, 5) is 18.8. The smallest absolute Gasteiger partial charge is 0.271 e. The molecule has 0 atom stereocenters. The summed E-state index contributed by atoms with van der Waals surface area (Å²) < 4.78 is 1.19. The summed E-state index contributed by atoms with van der Waals surface area (Å²) in [6, 6.07) is 3.32. The molecule has 0 bridgehead atoms. The zero-order chi connectivity index (χ0) is 12.4. The van der Waals surface area contributed by atoms with Gasteiger partial charge >= 0.3 is 0 Å². The van der Waals surface area contributed by atoms with Crippen LogP contribution < -0.4 is 11.5 Å². The zero-order valence-corrected chi connectivity index (χ0v) is 8.53. The van der Waals surface area contributed by atoms with Crippen molar-refractivity contribution in [3.8, 4) is 12.0 Å². The number of primary amides is 1. The van der Waals surface area contributed by atoms with Crippen molar-refractivity contribution in [2.75, 3.05) is 5.73 Å². The highest BCUT2D eigenvalue weighted by atomic mass is 16.1. The molecule has 84 valence electrons. The van der Waals surface area contributed by atoms with Crippen LogP contribution in [0.15, 0.2) is 18.5 Å². The number of rotatable bonds is 2. The molecule has 0 saturated heterocycles. The molecule has 0 fully saturated rings. The van der Waals surface area contributed by atoms with Gasteiger partial charge in [-0.1, -0.05) is 0 Å². The van der Waals surface area contributed by atoms with Gasteiger partial charge in [0.2, 0.25) is 0 Å². The fourth-order valence-electron chi connectivity index (χ4n) is 1.20. The van der Waals surface area contributed by atoms with Crippen LogP contribution in [0.5, 0.6) is 0 Å². The first kappa shape index (κ1) is 10.6. The van der Waals surface area contributed by atoms with E-state index < -0.39 is 5.91 Å². The highest BCUT2D eigenvalue weighted by Crippen LogP contribution is 2.10. The van der Waals surface area contributed by atoms with Crippen molar-refractivity contribution in [3.05, 3.63) is 29.8 Å². The quantitative estimate of drug-likeness (QED) is 0.692. The SMILES string of the molecule is N#Cc1ccnc(-n2cc(N)c(C(N)=O)n2)n1. The average Bonchev–Trinajstić information content (AvgIpc) is 2.71. The monoisotopic (exact) mass is 229 g/mol. The Bertz CT molecular complexity index is 625. The lowest BCUT2D eigenvalue weighted by molar-refractivity contribution is 0.0996. The van der Waals surface area contributed by atoms with Crippen LogP contribution in [0.3, 0.4) is 0 Å². The lowest BCUT2D eigenvalue weighted by Gasteiger charge is -1.97. The highest BCUT2D eigenvalue weighted by Gasteiger charge is 2.13. The van der Waals surface area contributed by atoms with E-state index in [9.17, 15) is 4.79 Å². The van der Waals surface area contributed by atoms with E-state index in [-0.39, 0.29) is 23.0 Å². The molecule has 0 radical (unpaired) electrons. The van der Waals surface area contributed by atoms with Gasteiger partial charge in [0.15, 0.2) is 5.69 Å². The van der Waals surface area contributed by atoms with Crippen molar-refractivity contribution < 1.29 is 4.79 Å². The Labute approximate surface area is 95.5 Å². The van der Waals surface area contributed by atoms with E-state index in [1.807, 2.05) is 6.07 Å². The Morgan fingerprint density at radius 2 is 2.29 bits per heavy atom. The highest BCUT2D eigenvalue weighted by molar-refractivity contribution is 5.95. The molecule has 1 amide bonds. The number of hydrogen-bond acceptors (Lipinski definition) is 6. The molecule has 2 rings (SSSR count). The number of nitrogen functional groups attached to an aromatic ring is 1. The minimum absolute atomic E-state index is 0.0593. The van der Waals surface area contributed by atoms with Gasteiger partial charge in [-0.25, -0.2) is 14.6 Å². The van der Waals surface area contributed by atoms with E-state index in [0.29, 0.717) is 0 Å². The van der Waals surface area contributed by atoms with Gasteiger partial charge in [-0.2, -0.15) is 10.4 Å². The Hall–Kier alpha value is -2.95. The predicted molar refractivity (Wildman–Crippen MR) is 56.8 cm³/mol. The molecular weight excluding hydrogens is 222 g/mol. The fraction of sp³-hybridized carbons (Fsp3) is 0. The van der Waals surface area contributed by atoms with Crippen LogP contribution in [0.25, 0.3) is 5.95 Å². The van der Waals surface area contributed by atoms with Crippen molar-refractivity contribution in [1.82, 2.24) is 19.7 Å². The first-order valence-corrected chi connectivity index (χ1v) is 4.50. The first-order valence-electron chi connectivity index (χ1n) is 4.50. The van der Waals surface area contributed by atoms with Gasteiger partial charge in [0.05, 0.1) is 11.9 Å². The summed E-state index contributed by atoms with van der Waals surface area (Å²) in [7, 11) is 0. The number of anilines is 1. The van der Waals surface area contributed by atoms with Crippen molar-refractivity contribution in [3.63, 3.8) is 0 Å². The van der Waals surface area contributed by atoms with E-state index in [1.165, 1.54) is 23.1 Å². The van der Waals surface area contributed by atoms with Crippen molar-refractivity contribution in [2.45, 2.75) is 0 Å². The van der Waals surface area contributed by atoms with Crippen LogP contribution in [0.4, 0.5) is 5.69 Å². The van der Waals surface area contributed by atoms with Crippen LogP contribution in [0, 0.1) is 11.3 Å². The zero-order valence-electron chi connectivity index (χ0n) is 8.53. The third-order valence-corrected chi connectivity index (χ3v) is 1.94. The minimum atomic E-state index is -0.738. The molecule has 2 heterocycles. The Kier molecular flexibility index (Phi) is 2.42. The van der Waals surface area contributed by atoms with E-state index in [0.717, 1.165) is 0 Å². The van der Waals surface area contributed by atoms with Crippen LogP contribution in [0.1, 0.15) is 16.2 Å². The Balaban J connectivity index is 2.50. The van der Waals surface area contributed by atoms with Crippen LogP contribution in [-0.4, -0.2) is 25.7 Å². The van der Waals surface area contributed by atoms with E-state index >= 15 is 0 Å². The number of carbonyl (C=O) groups excluding carboxylic acids is 1. The molecule has 0 aliphatic heterocycles. The molecule has 0 unspecified atom stereocenters. The molecule has 4 N–H and O–H groups in total. The van der Waals surface area contributed by atoms with Crippen LogP contribution in [-0.2, 0) is 0 Å². The largest absolute Gasteiger partial charge is 0.395 e. The summed E-state index contributed by atoms with van der Waals surface area (Å²) >= 11 is 0. The van der Waals surface area contributed by atoms with Gasteiger partial charge in [0, 0.05) is 6.20 Å². The van der Waals surface area contributed by atoms with E-state index in [2.05, 4.69) is 15.1 Å². The molecule has 17 heavy (non-hydrogen) atoms. The van der Waals surface area contributed by atoms with Gasteiger partial charge in [0.1, 0.15) is 11.8 Å². The van der Waals surface area contributed by atoms with E-state index in [1.54, 1.807) is 0 Å². The first-order chi connectivity index (χ1) is 8.11. The topological polar surface area (TPSA) is 136 Å². The summed E-state index contributed by atoms with van der Waals surface area (Å²) in [6.45, 7) is 0. The Morgan fingerprint density at radius 1 is 1.53 bits per heavy atom. The average molecular weight is 229 g/mol. The van der Waals surface area contributed by atoms with Gasteiger partial charge in [-0.05, 0) is 6.07 Å². The summed E-state index contributed by atoms with van der Waals surface area (Å²) in [5.41, 5.74) is 10.9. The molecule has 0 aliphatic carbocycles. The third-order valence-electron chi connectivity index (χ3n) is 1.94. The van der Waals surface area contributed by atoms with Crippen molar-refractivity contribution >= 4 is 11.6 Å². The molecule has 2 aromatic heterocycles. The van der Waals surface area contributed by atoms with Gasteiger partial charge in [0.25, 0.3) is 11.9 Å². The van der Waals surface area contributed by atoms with Crippen molar-refractivity contribution in [1.29, 1.82) is 5.26 Å². The Morgan fingerprint density at radius 3 is 2.88 bits per heavy atom. The standard InChI is InChI=1S/C9H7N7O/c10-3-5-1-2-13-9(14-5)16-4-6(11)7(15-16)8(12)17/h1-2,4H,11H2,(H2,12,17). The maximum Gasteiger partial charge on any atom is 0.271 e. The van der Waals surface area contributed by atoms with Gasteiger partial charge < -0.3 is 11.5 Å². The molecule has 8 heteroatoms. The minimum Gasteiger partial charge on any atom is -0.395 e. The fourth-order valence-corrected chi connectivity index (χ4v) is 1.20. The lowest BCUT2D eigenvalue weighted by Crippen LogP contribution is -2.14. The summed E-state index contributed by atoms with van der Waals surface area (Å²) in [6.07, 6.45) is 2.76.